The lowest BCUT2D eigenvalue weighted by Gasteiger charge is -2.10. The number of hydrogen-bond acceptors (Lipinski definition) is 3. The van der Waals surface area contributed by atoms with E-state index in [4.69, 9.17) is 16.3 Å². The molecule has 3 aromatic carbocycles. The molecule has 0 aromatic heterocycles. The average Bonchev–Trinajstić information content (AvgIpc) is 2.72. The molecule has 0 radical (unpaired) electrons. The summed E-state index contributed by atoms with van der Waals surface area (Å²) in [6.07, 6.45) is 1.57. The number of halogens is 2. The minimum Gasteiger partial charge on any atom is -0.488 e. The van der Waals surface area contributed by atoms with Gasteiger partial charge in [-0.25, -0.2) is 0 Å². The molecule has 0 aliphatic carbocycles. The molecule has 0 aliphatic rings. The molecule has 0 saturated heterocycles. The van der Waals surface area contributed by atoms with Crippen LogP contribution in [0.1, 0.15) is 21.5 Å². The Morgan fingerprint density at radius 3 is 2.46 bits per heavy atom. The number of ether oxygens (including phenoxy) is 1. The van der Waals surface area contributed by atoms with Gasteiger partial charge >= 0.3 is 0 Å². The number of rotatable bonds is 6. The highest BCUT2D eigenvalue weighted by atomic mass is 79.9. The lowest BCUT2D eigenvalue weighted by atomic mass is 10.0. The van der Waals surface area contributed by atoms with E-state index in [-0.39, 0.29) is 11.4 Å². The molecular weight excluding hydrogens is 438 g/mol. The highest BCUT2D eigenvalue weighted by Crippen LogP contribution is 2.28. The number of Topliss-reactive ketones (excluding diaryl/α,β-unsaturated/α-hetero) is 1. The maximum Gasteiger partial charge on any atom is 0.203 e. The first-order chi connectivity index (χ1) is 13.6. The third kappa shape index (κ3) is 4.89. The summed E-state index contributed by atoms with van der Waals surface area (Å²) in [5.41, 5.74) is 2.16. The lowest BCUT2D eigenvalue weighted by Crippen LogP contribution is -2.01. The van der Waals surface area contributed by atoms with Crippen molar-refractivity contribution in [3.63, 3.8) is 0 Å². The maximum atomic E-state index is 12.5. The maximum absolute atomic E-state index is 12.5. The lowest BCUT2D eigenvalue weighted by molar-refractivity contribution is 0.104. The molecule has 5 heteroatoms. The molecular formula is C23H15BrClNO2. The second kappa shape index (κ2) is 9.36. The van der Waals surface area contributed by atoms with Crippen molar-refractivity contribution in [3.05, 3.63) is 105 Å². The molecule has 0 aliphatic heterocycles. The van der Waals surface area contributed by atoms with Crippen LogP contribution in [0.15, 0.2) is 82.8 Å². The van der Waals surface area contributed by atoms with E-state index in [1.54, 1.807) is 48.5 Å². The van der Waals surface area contributed by atoms with E-state index in [1.807, 2.05) is 36.4 Å². The summed E-state index contributed by atoms with van der Waals surface area (Å²) in [5.74, 6) is 0.336. The fourth-order valence-corrected chi connectivity index (χ4v) is 3.26. The zero-order valence-corrected chi connectivity index (χ0v) is 17.1. The Morgan fingerprint density at radius 2 is 1.79 bits per heavy atom. The van der Waals surface area contributed by atoms with E-state index in [0.29, 0.717) is 22.9 Å². The van der Waals surface area contributed by atoms with Crippen LogP contribution in [-0.2, 0) is 6.61 Å². The van der Waals surface area contributed by atoms with Gasteiger partial charge in [-0.2, -0.15) is 5.26 Å². The summed E-state index contributed by atoms with van der Waals surface area (Å²) in [7, 11) is 0. The van der Waals surface area contributed by atoms with E-state index in [0.717, 1.165) is 15.6 Å². The quantitative estimate of drug-likeness (QED) is 0.245. The van der Waals surface area contributed by atoms with Gasteiger partial charge in [0.2, 0.25) is 5.78 Å². The van der Waals surface area contributed by atoms with Gasteiger partial charge < -0.3 is 4.74 Å². The van der Waals surface area contributed by atoms with Crippen LogP contribution in [0, 0.1) is 11.3 Å². The molecule has 3 nitrogen and oxygen atoms in total. The van der Waals surface area contributed by atoms with Gasteiger partial charge in [-0.3, -0.25) is 4.79 Å². The number of nitriles is 1. The number of carbonyl (C=O) groups is 1. The molecule has 3 rings (SSSR count). The fraction of sp³-hybridized carbons (Fsp3) is 0.0435. The second-order valence-electron chi connectivity index (χ2n) is 5.93. The summed E-state index contributed by atoms with van der Waals surface area (Å²) < 4.78 is 6.54. The minimum absolute atomic E-state index is 0.0721. The Morgan fingerprint density at radius 1 is 1.07 bits per heavy atom. The fourth-order valence-electron chi connectivity index (χ4n) is 2.56. The van der Waals surface area contributed by atoms with E-state index in [9.17, 15) is 10.1 Å². The summed E-state index contributed by atoms with van der Waals surface area (Å²) >= 11 is 9.62. The van der Waals surface area contributed by atoms with Crippen LogP contribution in [0.3, 0.4) is 0 Å². The van der Waals surface area contributed by atoms with Gasteiger partial charge in [0.15, 0.2) is 0 Å². The molecule has 0 bridgehead atoms. The van der Waals surface area contributed by atoms with Crippen molar-refractivity contribution in [1.82, 2.24) is 0 Å². The molecule has 0 spiro atoms. The Labute approximate surface area is 177 Å². The topological polar surface area (TPSA) is 50.1 Å². The highest BCUT2D eigenvalue weighted by Gasteiger charge is 2.12. The van der Waals surface area contributed by atoms with Crippen molar-refractivity contribution in [1.29, 1.82) is 5.26 Å². The van der Waals surface area contributed by atoms with E-state index >= 15 is 0 Å². The summed E-state index contributed by atoms with van der Waals surface area (Å²) in [5, 5.41) is 10.0. The molecule has 0 N–H and O–H groups in total. The Kier molecular flexibility index (Phi) is 6.65. The SMILES string of the molecule is N#C/C(=C\c1ccc(OCc2ccccc2Cl)c(Br)c1)C(=O)c1ccccc1. The Balaban J connectivity index is 1.77. The number of allylic oxidation sites excluding steroid dienone is 1. The molecule has 0 saturated carbocycles. The van der Waals surface area contributed by atoms with Gasteiger partial charge in [0.05, 0.1) is 4.47 Å². The van der Waals surface area contributed by atoms with Crippen LogP contribution in [-0.4, -0.2) is 5.78 Å². The van der Waals surface area contributed by atoms with Crippen molar-refractivity contribution < 1.29 is 9.53 Å². The van der Waals surface area contributed by atoms with Crippen molar-refractivity contribution in [2.45, 2.75) is 6.61 Å². The first-order valence-electron chi connectivity index (χ1n) is 8.46. The highest BCUT2D eigenvalue weighted by molar-refractivity contribution is 9.10. The minimum atomic E-state index is -0.307. The number of ketones is 1. The molecule has 0 fully saturated rings. The van der Waals surface area contributed by atoms with Gasteiger partial charge in [0, 0.05) is 16.1 Å². The zero-order chi connectivity index (χ0) is 19.9. The van der Waals surface area contributed by atoms with Crippen molar-refractivity contribution in [2.24, 2.45) is 0 Å². The molecule has 28 heavy (non-hydrogen) atoms. The second-order valence-corrected chi connectivity index (χ2v) is 7.20. The molecule has 0 amide bonds. The summed E-state index contributed by atoms with van der Waals surface area (Å²) in [6.45, 7) is 0.337. The first kappa shape index (κ1) is 19.9. The third-order valence-corrected chi connectivity index (χ3v) is 5.00. The van der Waals surface area contributed by atoms with Crippen LogP contribution in [0.5, 0.6) is 5.75 Å². The zero-order valence-electron chi connectivity index (χ0n) is 14.7. The summed E-state index contributed by atoms with van der Waals surface area (Å²) in [6, 6.07) is 23.6. The van der Waals surface area contributed by atoms with E-state index in [1.165, 1.54) is 0 Å². The van der Waals surface area contributed by atoms with Crippen molar-refractivity contribution in [2.75, 3.05) is 0 Å². The van der Waals surface area contributed by atoms with Crippen LogP contribution in [0.25, 0.3) is 6.08 Å². The van der Waals surface area contributed by atoms with Gasteiger partial charge in [-0.1, -0.05) is 66.2 Å². The Bertz CT molecular complexity index is 1070. The van der Waals surface area contributed by atoms with Crippen LogP contribution in [0.4, 0.5) is 0 Å². The van der Waals surface area contributed by atoms with E-state index in [2.05, 4.69) is 15.9 Å². The van der Waals surface area contributed by atoms with Gasteiger partial charge in [-0.05, 0) is 45.8 Å². The van der Waals surface area contributed by atoms with Crippen molar-refractivity contribution in [3.8, 4) is 11.8 Å². The first-order valence-corrected chi connectivity index (χ1v) is 9.63. The van der Waals surface area contributed by atoms with Crippen LogP contribution in [0.2, 0.25) is 5.02 Å². The van der Waals surface area contributed by atoms with Gasteiger partial charge in [-0.15, -0.1) is 0 Å². The predicted molar refractivity (Wildman–Crippen MR) is 114 cm³/mol. The monoisotopic (exact) mass is 451 g/mol. The molecule has 3 aromatic rings. The number of carbonyl (C=O) groups excluding carboxylic acids is 1. The van der Waals surface area contributed by atoms with Crippen LogP contribution < -0.4 is 4.74 Å². The molecule has 0 atom stereocenters. The van der Waals surface area contributed by atoms with Crippen molar-refractivity contribution >= 4 is 39.4 Å². The normalized spacial score (nSPS) is 11.0. The smallest absolute Gasteiger partial charge is 0.203 e. The standard InChI is InChI=1S/C23H15BrClNO2/c24-20-13-16(12-19(14-26)23(27)17-6-2-1-3-7-17)10-11-22(20)28-15-18-8-4-5-9-21(18)25/h1-13H,15H2/b19-12+. The van der Waals surface area contributed by atoms with E-state index < -0.39 is 0 Å². The van der Waals surface area contributed by atoms with Gasteiger partial charge in [0.25, 0.3) is 0 Å². The molecule has 138 valence electrons. The summed E-state index contributed by atoms with van der Waals surface area (Å²) in [4.78, 5) is 12.5. The average molecular weight is 453 g/mol. The predicted octanol–water partition coefficient (Wildman–Crippen LogP) is 6.47. The van der Waals surface area contributed by atoms with Gasteiger partial charge in [0.1, 0.15) is 24.0 Å². The largest absolute Gasteiger partial charge is 0.488 e. The Hall–Kier alpha value is -2.87. The number of hydrogen-bond donors (Lipinski definition) is 0. The molecule has 0 heterocycles. The number of benzene rings is 3. The molecule has 0 unspecified atom stereocenters. The van der Waals surface area contributed by atoms with Crippen LogP contribution >= 0.6 is 27.5 Å². The number of nitrogens with zero attached hydrogens (tertiary/aromatic N) is 1. The third-order valence-electron chi connectivity index (χ3n) is 4.01.